The molecule has 3 rings (SSSR count). The van der Waals surface area contributed by atoms with Gasteiger partial charge in [0.05, 0.1) is 0 Å². The highest BCUT2D eigenvalue weighted by Crippen LogP contribution is 2.38. The van der Waals surface area contributed by atoms with E-state index in [0.717, 1.165) is 5.56 Å². The summed E-state index contributed by atoms with van der Waals surface area (Å²) in [5.74, 6) is -1.66. The average Bonchev–Trinajstić information content (AvgIpc) is 2.81. The molecular formula is C16H15F3N2. The van der Waals surface area contributed by atoms with Gasteiger partial charge in [0.2, 0.25) is 0 Å². The van der Waals surface area contributed by atoms with Crippen molar-refractivity contribution in [3.05, 3.63) is 58.9 Å². The molecule has 2 aromatic rings. The smallest absolute Gasteiger partial charge is 0.150 e. The van der Waals surface area contributed by atoms with Crippen LogP contribution >= 0.6 is 0 Å². The van der Waals surface area contributed by atoms with Crippen molar-refractivity contribution in [1.82, 2.24) is 5.32 Å². The molecule has 0 unspecified atom stereocenters. The van der Waals surface area contributed by atoms with E-state index in [1.165, 1.54) is 29.2 Å². The highest BCUT2D eigenvalue weighted by atomic mass is 19.1. The fourth-order valence-electron chi connectivity index (χ4n) is 2.77. The third-order valence-corrected chi connectivity index (χ3v) is 3.67. The summed E-state index contributed by atoms with van der Waals surface area (Å²) in [6.45, 7) is 0.831. The van der Waals surface area contributed by atoms with Crippen molar-refractivity contribution >= 4 is 11.4 Å². The lowest BCUT2D eigenvalue weighted by molar-refractivity contribution is 0.576. The van der Waals surface area contributed by atoms with E-state index in [2.05, 4.69) is 5.32 Å². The summed E-state index contributed by atoms with van der Waals surface area (Å²) in [6.07, 6.45) is 0.646. The summed E-state index contributed by atoms with van der Waals surface area (Å²) in [7, 11) is 1.71. The SMILES string of the molecule is CNCc1cc(F)c(N2CCc3ccc(F)cc32)c(F)c1. The normalized spacial score (nSPS) is 13.6. The number of rotatable bonds is 3. The van der Waals surface area contributed by atoms with Gasteiger partial charge in [0.15, 0.2) is 0 Å². The van der Waals surface area contributed by atoms with Crippen LogP contribution in [-0.4, -0.2) is 13.6 Å². The van der Waals surface area contributed by atoms with Crippen LogP contribution in [0.3, 0.4) is 0 Å². The molecule has 0 aliphatic carbocycles. The summed E-state index contributed by atoms with van der Waals surface area (Å²) in [5.41, 5.74) is 1.86. The Morgan fingerprint density at radius 2 is 1.81 bits per heavy atom. The molecule has 0 spiro atoms. The molecule has 0 saturated heterocycles. The zero-order valence-electron chi connectivity index (χ0n) is 11.6. The first kappa shape index (κ1) is 13.9. The minimum absolute atomic E-state index is 0.112. The topological polar surface area (TPSA) is 15.3 Å². The van der Waals surface area contributed by atoms with Gasteiger partial charge in [-0.15, -0.1) is 0 Å². The number of benzene rings is 2. The van der Waals surface area contributed by atoms with E-state index in [0.29, 0.717) is 30.8 Å². The Kier molecular flexibility index (Phi) is 3.59. The van der Waals surface area contributed by atoms with E-state index < -0.39 is 17.5 Å². The van der Waals surface area contributed by atoms with Crippen molar-refractivity contribution in [2.45, 2.75) is 13.0 Å². The number of hydrogen-bond acceptors (Lipinski definition) is 2. The Morgan fingerprint density at radius 1 is 1.10 bits per heavy atom. The molecule has 0 fully saturated rings. The molecule has 1 aliphatic heterocycles. The molecule has 0 amide bonds. The van der Waals surface area contributed by atoms with E-state index in [-0.39, 0.29) is 5.69 Å². The summed E-state index contributed by atoms with van der Waals surface area (Å²) in [4.78, 5) is 1.51. The number of nitrogens with zero attached hydrogens (tertiary/aromatic N) is 1. The summed E-state index contributed by atoms with van der Waals surface area (Å²) in [5, 5.41) is 2.85. The van der Waals surface area contributed by atoms with Crippen LogP contribution in [0, 0.1) is 17.5 Å². The van der Waals surface area contributed by atoms with Crippen molar-refractivity contribution in [3.63, 3.8) is 0 Å². The van der Waals surface area contributed by atoms with Crippen molar-refractivity contribution in [2.24, 2.45) is 0 Å². The summed E-state index contributed by atoms with van der Waals surface area (Å²) < 4.78 is 41.9. The van der Waals surface area contributed by atoms with Crippen LogP contribution in [0.25, 0.3) is 0 Å². The van der Waals surface area contributed by atoms with E-state index in [1.807, 2.05) is 0 Å². The molecule has 0 atom stereocenters. The van der Waals surface area contributed by atoms with Gasteiger partial charge >= 0.3 is 0 Å². The third-order valence-electron chi connectivity index (χ3n) is 3.67. The molecule has 0 saturated carbocycles. The van der Waals surface area contributed by atoms with Gasteiger partial charge in [-0.1, -0.05) is 6.07 Å². The fraction of sp³-hybridized carbons (Fsp3) is 0.250. The van der Waals surface area contributed by atoms with Crippen LogP contribution < -0.4 is 10.2 Å². The lowest BCUT2D eigenvalue weighted by Crippen LogP contribution is -2.17. The summed E-state index contributed by atoms with van der Waals surface area (Å²) in [6, 6.07) is 6.97. The van der Waals surface area contributed by atoms with Crippen LogP contribution in [0.5, 0.6) is 0 Å². The second-order valence-electron chi connectivity index (χ2n) is 5.11. The molecule has 0 bridgehead atoms. The fourth-order valence-corrected chi connectivity index (χ4v) is 2.77. The van der Waals surface area contributed by atoms with Crippen molar-refractivity contribution in [2.75, 3.05) is 18.5 Å². The molecule has 1 heterocycles. The Labute approximate surface area is 121 Å². The van der Waals surface area contributed by atoms with Gasteiger partial charge in [-0.25, -0.2) is 13.2 Å². The van der Waals surface area contributed by atoms with Crippen molar-refractivity contribution in [3.8, 4) is 0 Å². The van der Waals surface area contributed by atoms with Gasteiger partial charge in [-0.3, -0.25) is 0 Å². The Morgan fingerprint density at radius 3 is 2.48 bits per heavy atom. The highest BCUT2D eigenvalue weighted by molar-refractivity contribution is 5.70. The van der Waals surface area contributed by atoms with E-state index in [9.17, 15) is 13.2 Å². The number of anilines is 2. The zero-order valence-corrected chi connectivity index (χ0v) is 11.6. The maximum Gasteiger partial charge on any atom is 0.150 e. The molecule has 1 N–H and O–H groups in total. The largest absolute Gasteiger partial charge is 0.336 e. The van der Waals surface area contributed by atoms with Gasteiger partial charge < -0.3 is 10.2 Å². The monoisotopic (exact) mass is 292 g/mol. The first-order valence-corrected chi connectivity index (χ1v) is 6.78. The van der Waals surface area contributed by atoms with Crippen LogP contribution in [0.4, 0.5) is 24.5 Å². The first-order chi connectivity index (χ1) is 10.1. The predicted molar refractivity (Wildman–Crippen MR) is 76.2 cm³/mol. The van der Waals surface area contributed by atoms with Crippen LogP contribution in [0.1, 0.15) is 11.1 Å². The molecule has 5 heteroatoms. The minimum Gasteiger partial charge on any atom is -0.336 e. The van der Waals surface area contributed by atoms with Crippen molar-refractivity contribution < 1.29 is 13.2 Å². The van der Waals surface area contributed by atoms with E-state index in [4.69, 9.17) is 0 Å². The van der Waals surface area contributed by atoms with E-state index >= 15 is 0 Å². The Bertz CT molecular complexity index is 662. The second-order valence-corrected chi connectivity index (χ2v) is 5.11. The molecule has 1 aliphatic rings. The van der Waals surface area contributed by atoms with E-state index in [1.54, 1.807) is 13.1 Å². The Balaban J connectivity index is 2.05. The lowest BCUT2D eigenvalue weighted by Gasteiger charge is -2.21. The number of fused-ring (bicyclic) bond motifs is 1. The van der Waals surface area contributed by atoms with Crippen LogP contribution in [0.2, 0.25) is 0 Å². The number of nitrogens with one attached hydrogen (secondary N) is 1. The highest BCUT2D eigenvalue weighted by Gasteiger charge is 2.26. The van der Waals surface area contributed by atoms with Crippen LogP contribution in [0.15, 0.2) is 30.3 Å². The first-order valence-electron chi connectivity index (χ1n) is 6.78. The third kappa shape index (κ3) is 2.49. The summed E-state index contributed by atoms with van der Waals surface area (Å²) >= 11 is 0. The molecule has 0 radical (unpaired) electrons. The minimum atomic E-state index is -0.627. The standard InChI is InChI=1S/C16H15F3N2/c1-20-9-10-6-13(18)16(14(19)7-10)21-5-4-11-2-3-12(17)8-15(11)21/h2-3,6-8,20H,4-5,9H2,1H3. The lowest BCUT2D eigenvalue weighted by atomic mass is 10.1. The predicted octanol–water partition coefficient (Wildman–Crippen LogP) is 3.52. The quantitative estimate of drug-likeness (QED) is 0.931. The maximum absolute atomic E-state index is 14.3. The molecule has 21 heavy (non-hydrogen) atoms. The van der Waals surface area contributed by atoms with Crippen LogP contribution in [-0.2, 0) is 13.0 Å². The van der Waals surface area contributed by atoms with Gasteiger partial charge in [0, 0.05) is 18.8 Å². The molecule has 110 valence electrons. The zero-order chi connectivity index (χ0) is 15.0. The Hall–Kier alpha value is -2.01. The van der Waals surface area contributed by atoms with Gasteiger partial charge in [0.1, 0.15) is 23.1 Å². The molecule has 0 aromatic heterocycles. The number of hydrogen-bond donors (Lipinski definition) is 1. The molecular weight excluding hydrogens is 277 g/mol. The van der Waals surface area contributed by atoms with Gasteiger partial charge in [-0.05, 0) is 48.9 Å². The van der Waals surface area contributed by atoms with Gasteiger partial charge in [-0.2, -0.15) is 0 Å². The second kappa shape index (κ2) is 5.41. The van der Waals surface area contributed by atoms with Gasteiger partial charge in [0.25, 0.3) is 0 Å². The maximum atomic E-state index is 14.3. The average molecular weight is 292 g/mol. The number of halogens is 3. The molecule has 2 aromatic carbocycles. The molecule has 2 nitrogen and oxygen atoms in total. The van der Waals surface area contributed by atoms with Crippen molar-refractivity contribution in [1.29, 1.82) is 0 Å².